The summed E-state index contributed by atoms with van der Waals surface area (Å²) < 4.78 is 7.40. The van der Waals surface area contributed by atoms with E-state index in [4.69, 9.17) is 4.74 Å². The molecule has 2 heterocycles. The van der Waals surface area contributed by atoms with Gasteiger partial charge < -0.3 is 19.5 Å². The van der Waals surface area contributed by atoms with Crippen LogP contribution in [-0.2, 0) is 20.9 Å². The van der Waals surface area contributed by atoms with Crippen LogP contribution in [0.5, 0.6) is 0 Å². The Morgan fingerprint density at radius 2 is 2.17 bits per heavy atom. The van der Waals surface area contributed by atoms with E-state index in [-0.39, 0.29) is 24.9 Å². The molecule has 0 radical (unpaired) electrons. The lowest BCUT2D eigenvalue weighted by molar-refractivity contribution is -0.162. The summed E-state index contributed by atoms with van der Waals surface area (Å²) >= 11 is 0. The second-order valence-electron chi connectivity index (χ2n) is 5.83. The molecule has 23 heavy (non-hydrogen) atoms. The number of fused-ring (bicyclic) bond motifs is 1. The molecule has 0 aliphatic carbocycles. The molecule has 1 aliphatic heterocycles. The van der Waals surface area contributed by atoms with Crippen molar-refractivity contribution in [3.63, 3.8) is 0 Å². The smallest absolute Gasteiger partial charge is 0.253 e. The van der Waals surface area contributed by atoms with Gasteiger partial charge >= 0.3 is 0 Å². The van der Waals surface area contributed by atoms with Crippen molar-refractivity contribution in [2.75, 3.05) is 26.7 Å². The van der Waals surface area contributed by atoms with Crippen molar-refractivity contribution in [3.8, 4) is 0 Å². The molecule has 122 valence electrons. The zero-order valence-corrected chi connectivity index (χ0v) is 13.3. The number of carbonyl (C=O) groups excluding carboxylic acids is 2. The molecule has 1 saturated heterocycles. The van der Waals surface area contributed by atoms with Gasteiger partial charge in [0.1, 0.15) is 6.54 Å². The predicted molar refractivity (Wildman–Crippen MR) is 84.7 cm³/mol. The molecule has 1 aliphatic rings. The number of imidazole rings is 1. The predicted octanol–water partition coefficient (Wildman–Crippen LogP) is 0.400. The first-order valence-corrected chi connectivity index (χ1v) is 7.57. The molecular weight excluding hydrogens is 296 g/mol. The molecule has 1 atom stereocenters. The van der Waals surface area contributed by atoms with Crippen molar-refractivity contribution in [2.24, 2.45) is 0 Å². The molecule has 0 unspecified atom stereocenters. The van der Waals surface area contributed by atoms with E-state index in [0.717, 1.165) is 11.0 Å². The lowest BCUT2D eigenvalue weighted by Crippen LogP contribution is -2.59. The van der Waals surface area contributed by atoms with Crippen LogP contribution < -0.4 is 5.32 Å². The van der Waals surface area contributed by atoms with Crippen LogP contribution >= 0.6 is 0 Å². The Morgan fingerprint density at radius 1 is 1.39 bits per heavy atom. The molecule has 1 aromatic carbocycles. The number of aromatic nitrogens is 2. The zero-order valence-electron chi connectivity index (χ0n) is 13.3. The van der Waals surface area contributed by atoms with Crippen molar-refractivity contribution in [1.29, 1.82) is 0 Å². The third-order valence-corrected chi connectivity index (χ3v) is 4.17. The molecule has 1 fully saturated rings. The number of benzene rings is 1. The summed E-state index contributed by atoms with van der Waals surface area (Å²) in [5.41, 5.74) is 0.778. The summed E-state index contributed by atoms with van der Waals surface area (Å²) in [6, 6.07) is 7.68. The van der Waals surface area contributed by atoms with Crippen molar-refractivity contribution in [3.05, 3.63) is 30.6 Å². The number of carbonyl (C=O) groups is 2. The van der Waals surface area contributed by atoms with Crippen LogP contribution in [0.2, 0.25) is 0 Å². The van der Waals surface area contributed by atoms with E-state index >= 15 is 0 Å². The van der Waals surface area contributed by atoms with E-state index in [2.05, 4.69) is 10.3 Å². The lowest BCUT2D eigenvalue weighted by Gasteiger charge is -2.39. The topological polar surface area (TPSA) is 76.5 Å². The van der Waals surface area contributed by atoms with Crippen molar-refractivity contribution in [2.45, 2.75) is 19.1 Å². The molecule has 0 bridgehead atoms. The third-order valence-electron chi connectivity index (χ3n) is 4.17. The molecule has 7 heteroatoms. The molecular formula is C16H20N4O3. The van der Waals surface area contributed by atoms with Gasteiger partial charge in [0.2, 0.25) is 5.91 Å². The van der Waals surface area contributed by atoms with Crippen molar-refractivity contribution < 1.29 is 14.3 Å². The molecule has 1 aromatic heterocycles. The van der Waals surface area contributed by atoms with E-state index in [1.54, 1.807) is 25.2 Å². The number of likely N-dealkylation sites (N-methyl/N-ethyl adjacent to an activating group) is 1. The summed E-state index contributed by atoms with van der Waals surface area (Å²) in [5, 5.41) is 2.59. The molecule has 2 amide bonds. The van der Waals surface area contributed by atoms with E-state index < -0.39 is 5.60 Å². The number of nitrogens with zero attached hydrogens (tertiary/aromatic N) is 3. The first kappa shape index (κ1) is 15.5. The monoisotopic (exact) mass is 316 g/mol. The molecule has 3 rings (SSSR count). The van der Waals surface area contributed by atoms with Crippen molar-refractivity contribution in [1.82, 2.24) is 19.8 Å². The zero-order chi connectivity index (χ0) is 16.4. The molecule has 7 nitrogen and oxygen atoms in total. The highest BCUT2D eigenvalue weighted by Crippen LogP contribution is 2.19. The van der Waals surface area contributed by atoms with Gasteiger partial charge in [-0.05, 0) is 19.1 Å². The minimum atomic E-state index is -1.00. The summed E-state index contributed by atoms with van der Waals surface area (Å²) in [7, 11) is 1.56. The highest BCUT2D eigenvalue weighted by atomic mass is 16.5. The second kappa shape index (κ2) is 6.00. The lowest BCUT2D eigenvalue weighted by atomic mass is 10.0. The average molecular weight is 316 g/mol. The Bertz CT molecular complexity index is 742. The maximum atomic E-state index is 12.6. The quantitative estimate of drug-likeness (QED) is 0.889. The Kier molecular flexibility index (Phi) is 4.04. The summed E-state index contributed by atoms with van der Waals surface area (Å²) in [4.78, 5) is 30.5. The van der Waals surface area contributed by atoms with Gasteiger partial charge in [-0.3, -0.25) is 9.59 Å². The van der Waals surface area contributed by atoms with Gasteiger partial charge in [-0.1, -0.05) is 12.1 Å². The number of rotatable bonds is 3. The number of ether oxygens (including phenoxy) is 1. The van der Waals surface area contributed by atoms with Crippen LogP contribution in [0.25, 0.3) is 11.0 Å². The van der Waals surface area contributed by atoms with Gasteiger partial charge in [0, 0.05) is 13.6 Å². The summed E-state index contributed by atoms with van der Waals surface area (Å²) in [6.07, 6.45) is 1.67. The van der Waals surface area contributed by atoms with Gasteiger partial charge in [0.05, 0.1) is 30.5 Å². The molecule has 2 aromatic rings. The highest BCUT2D eigenvalue weighted by molar-refractivity contribution is 5.86. The van der Waals surface area contributed by atoms with E-state index in [1.807, 2.05) is 28.8 Å². The SMILES string of the molecule is CNC(=O)[C@]1(C)CN(C(=O)Cn2cnc3ccccc32)CCO1. The first-order valence-electron chi connectivity index (χ1n) is 7.57. The van der Waals surface area contributed by atoms with Gasteiger partial charge in [0.15, 0.2) is 5.60 Å². The largest absolute Gasteiger partial charge is 0.362 e. The summed E-state index contributed by atoms with van der Waals surface area (Å²) in [6.45, 7) is 2.98. The second-order valence-corrected chi connectivity index (χ2v) is 5.83. The first-order chi connectivity index (χ1) is 11.0. The average Bonchev–Trinajstić information content (AvgIpc) is 2.97. The van der Waals surface area contributed by atoms with Crippen LogP contribution in [0.4, 0.5) is 0 Å². The number of morpholine rings is 1. The van der Waals surface area contributed by atoms with Crippen LogP contribution in [-0.4, -0.2) is 58.6 Å². The number of hydrogen-bond donors (Lipinski definition) is 1. The fourth-order valence-corrected chi connectivity index (χ4v) is 2.87. The molecule has 0 spiro atoms. The van der Waals surface area contributed by atoms with E-state index in [1.165, 1.54) is 0 Å². The molecule has 0 saturated carbocycles. The van der Waals surface area contributed by atoms with Gasteiger partial charge in [-0.25, -0.2) is 4.98 Å². The number of amides is 2. The maximum absolute atomic E-state index is 12.6. The number of nitrogens with one attached hydrogen (secondary N) is 1. The summed E-state index contributed by atoms with van der Waals surface area (Å²) in [5.74, 6) is -0.269. The standard InChI is InChI=1S/C16H20N4O3/c1-16(15(22)17-2)10-19(7-8-23-16)14(21)9-20-11-18-12-5-3-4-6-13(12)20/h3-6,11H,7-10H2,1-2H3,(H,17,22)/t16-/m0/s1. The Morgan fingerprint density at radius 3 is 2.96 bits per heavy atom. The minimum absolute atomic E-state index is 0.0495. The van der Waals surface area contributed by atoms with Gasteiger partial charge in [-0.15, -0.1) is 0 Å². The fourth-order valence-electron chi connectivity index (χ4n) is 2.87. The van der Waals surface area contributed by atoms with E-state index in [0.29, 0.717) is 13.2 Å². The van der Waals surface area contributed by atoms with Gasteiger partial charge in [-0.2, -0.15) is 0 Å². The number of para-hydroxylation sites is 2. The minimum Gasteiger partial charge on any atom is -0.362 e. The van der Waals surface area contributed by atoms with Crippen LogP contribution in [0.1, 0.15) is 6.92 Å². The van der Waals surface area contributed by atoms with Crippen molar-refractivity contribution >= 4 is 22.8 Å². The number of hydrogen-bond acceptors (Lipinski definition) is 4. The fraction of sp³-hybridized carbons (Fsp3) is 0.438. The third kappa shape index (κ3) is 2.92. The highest BCUT2D eigenvalue weighted by Gasteiger charge is 2.40. The Balaban J connectivity index is 1.74. The normalized spacial score (nSPS) is 21.4. The molecule has 1 N–H and O–H groups in total. The maximum Gasteiger partial charge on any atom is 0.253 e. The van der Waals surface area contributed by atoms with E-state index in [9.17, 15) is 9.59 Å². The Hall–Kier alpha value is -2.41. The van der Waals surface area contributed by atoms with Crippen LogP contribution in [0, 0.1) is 0 Å². The van der Waals surface area contributed by atoms with Crippen LogP contribution in [0.3, 0.4) is 0 Å². The van der Waals surface area contributed by atoms with Crippen LogP contribution in [0.15, 0.2) is 30.6 Å². The Labute approximate surface area is 134 Å². The van der Waals surface area contributed by atoms with Gasteiger partial charge in [0.25, 0.3) is 5.91 Å².